The number of hydrogen-bond acceptors (Lipinski definition) is 4. The summed E-state index contributed by atoms with van der Waals surface area (Å²) in [6, 6.07) is 47.6. The summed E-state index contributed by atoms with van der Waals surface area (Å²) in [4.78, 5) is 13.7. The van der Waals surface area contributed by atoms with Crippen molar-refractivity contribution in [1.29, 1.82) is 0 Å². The van der Waals surface area contributed by atoms with Crippen molar-refractivity contribution in [2.45, 2.75) is 27.2 Å². The third-order valence-electron chi connectivity index (χ3n) is 8.29. The average Bonchev–Trinajstić information content (AvgIpc) is 3.48. The molecule has 8 rings (SSSR count). The Kier molecular flexibility index (Phi) is 10.0. The Morgan fingerprint density at radius 3 is 2.25 bits per heavy atom. The van der Waals surface area contributed by atoms with Crippen molar-refractivity contribution in [3.8, 4) is 33.6 Å². The van der Waals surface area contributed by atoms with Crippen LogP contribution in [0, 0.1) is 32.9 Å². The van der Waals surface area contributed by atoms with E-state index in [0.717, 1.165) is 51.0 Å². The standard InChI is InChI=1S/C23H15N2O.C20H18N.Ir/c1-2-7-16(8-3-1)15-17-12-13-19-18-9-6-10-20(21-11-4-5-14-24-21)22(18)26-23(19)25-17;1-14-8-10-17(11-9-14)20-12-19(16(3)13-21-20)18-7-5-4-6-15(18)2;/h1-9,11-14H,15H2;4-10,12-13H,1-3H3;/q2*-1;. The molecule has 0 aliphatic heterocycles. The molecule has 5 heteroatoms. The molecule has 0 saturated carbocycles. The fourth-order valence-corrected chi connectivity index (χ4v) is 5.76. The van der Waals surface area contributed by atoms with Crippen LogP contribution in [0.1, 0.15) is 27.9 Å². The van der Waals surface area contributed by atoms with Gasteiger partial charge >= 0.3 is 0 Å². The molecule has 8 aromatic rings. The quantitative estimate of drug-likeness (QED) is 0.163. The molecule has 0 aliphatic carbocycles. The first-order valence-corrected chi connectivity index (χ1v) is 15.7. The van der Waals surface area contributed by atoms with Crippen molar-refractivity contribution in [3.05, 3.63) is 174 Å². The number of aromatic nitrogens is 3. The van der Waals surface area contributed by atoms with Gasteiger partial charge in [-0.15, -0.1) is 53.6 Å². The summed E-state index contributed by atoms with van der Waals surface area (Å²) in [6.07, 6.45) is 4.51. The molecule has 0 unspecified atom stereocenters. The van der Waals surface area contributed by atoms with E-state index in [9.17, 15) is 0 Å². The van der Waals surface area contributed by atoms with Gasteiger partial charge in [0.05, 0.1) is 5.58 Å². The predicted molar refractivity (Wildman–Crippen MR) is 191 cm³/mol. The second-order valence-corrected chi connectivity index (χ2v) is 11.7. The van der Waals surface area contributed by atoms with E-state index in [1.54, 1.807) is 6.20 Å². The fraction of sp³-hybridized carbons (Fsp3) is 0.0930. The monoisotopic (exact) mass is 800 g/mol. The normalized spacial score (nSPS) is 10.7. The van der Waals surface area contributed by atoms with Crippen LogP contribution in [-0.4, -0.2) is 15.0 Å². The van der Waals surface area contributed by atoms with Gasteiger partial charge in [0, 0.05) is 50.0 Å². The van der Waals surface area contributed by atoms with Gasteiger partial charge in [-0.3, -0.25) is 0 Å². The Bertz CT molecular complexity index is 2300. The summed E-state index contributed by atoms with van der Waals surface area (Å²) in [5, 5.41) is 2.06. The summed E-state index contributed by atoms with van der Waals surface area (Å²) in [5.41, 5.74) is 13.6. The second kappa shape index (κ2) is 14.7. The first kappa shape index (κ1) is 32.7. The molecule has 0 bridgehead atoms. The van der Waals surface area contributed by atoms with Gasteiger partial charge in [-0.05, 0) is 71.3 Å². The van der Waals surface area contributed by atoms with Crippen molar-refractivity contribution in [2.75, 3.05) is 0 Å². The van der Waals surface area contributed by atoms with Crippen LogP contribution < -0.4 is 0 Å². The van der Waals surface area contributed by atoms with Gasteiger partial charge in [0.15, 0.2) is 0 Å². The maximum atomic E-state index is 6.13. The molecule has 4 aromatic carbocycles. The topological polar surface area (TPSA) is 51.8 Å². The van der Waals surface area contributed by atoms with Crippen LogP contribution >= 0.6 is 0 Å². The van der Waals surface area contributed by atoms with Crippen molar-refractivity contribution in [3.63, 3.8) is 0 Å². The molecule has 0 spiro atoms. The third kappa shape index (κ3) is 7.03. The van der Waals surface area contributed by atoms with Crippen LogP contribution in [0.25, 0.3) is 55.7 Å². The maximum absolute atomic E-state index is 6.13. The summed E-state index contributed by atoms with van der Waals surface area (Å²) >= 11 is 0. The molecule has 237 valence electrons. The number of fused-ring (bicyclic) bond motifs is 3. The van der Waals surface area contributed by atoms with Crippen LogP contribution in [0.2, 0.25) is 0 Å². The van der Waals surface area contributed by atoms with Crippen LogP contribution in [-0.2, 0) is 26.5 Å². The van der Waals surface area contributed by atoms with Crippen LogP contribution in [0.5, 0.6) is 0 Å². The summed E-state index contributed by atoms with van der Waals surface area (Å²) in [6.45, 7) is 6.33. The minimum absolute atomic E-state index is 0. The molecule has 4 aromatic heterocycles. The number of hydrogen-bond donors (Lipinski definition) is 0. The minimum Gasteiger partial charge on any atom is -0.486 e. The molecule has 0 atom stereocenters. The first-order valence-electron chi connectivity index (χ1n) is 15.7. The molecule has 0 amide bonds. The average molecular weight is 800 g/mol. The number of aryl methyl sites for hydroxylation is 3. The molecule has 4 nitrogen and oxygen atoms in total. The zero-order valence-corrected chi connectivity index (χ0v) is 29.4. The van der Waals surface area contributed by atoms with Crippen LogP contribution in [0.3, 0.4) is 0 Å². The van der Waals surface area contributed by atoms with E-state index < -0.39 is 0 Å². The van der Waals surface area contributed by atoms with Gasteiger partial charge < -0.3 is 14.4 Å². The van der Waals surface area contributed by atoms with Gasteiger partial charge in [0.25, 0.3) is 0 Å². The van der Waals surface area contributed by atoms with Gasteiger partial charge in [0.1, 0.15) is 0 Å². The van der Waals surface area contributed by atoms with E-state index in [0.29, 0.717) is 5.71 Å². The molecule has 1 radical (unpaired) electrons. The van der Waals surface area contributed by atoms with Crippen molar-refractivity contribution >= 4 is 22.1 Å². The number of pyridine rings is 3. The Labute approximate surface area is 294 Å². The molecule has 48 heavy (non-hydrogen) atoms. The van der Waals surface area contributed by atoms with E-state index in [-0.39, 0.29) is 20.1 Å². The predicted octanol–water partition coefficient (Wildman–Crippen LogP) is 10.6. The number of furan rings is 1. The van der Waals surface area contributed by atoms with Crippen molar-refractivity contribution in [1.82, 2.24) is 15.0 Å². The number of rotatable bonds is 5. The number of benzene rings is 4. The second-order valence-electron chi connectivity index (χ2n) is 11.7. The van der Waals surface area contributed by atoms with Crippen molar-refractivity contribution in [2.24, 2.45) is 0 Å². The zero-order chi connectivity index (χ0) is 32.2. The molecule has 0 N–H and O–H groups in total. The van der Waals surface area contributed by atoms with E-state index in [1.165, 1.54) is 33.4 Å². The van der Waals surface area contributed by atoms with E-state index in [4.69, 9.17) is 9.40 Å². The number of nitrogens with zero attached hydrogens (tertiary/aromatic N) is 3. The van der Waals surface area contributed by atoms with Gasteiger partial charge in [-0.25, -0.2) is 4.98 Å². The fourth-order valence-electron chi connectivity index (χ4n) is 5.76. The molecule has 4 heterocycles. The van der Waals surface area contributed by atoms with Crippen LogP contribution in [0.4, 0.5) is 0 Å². The Hall–Kier alpha value is -5.22. The molecule has 0 aliphatic rings. The van der Waals surface area contributed by atoms with Gasteiger partial charge in [-0.1, -0.05) is 90.7 Å². The minimum atomic E-state index is 0. The summed E-state index contributed by atoms with van der Waals surface area (Å²) < 4.78 is 6.13. The van der Waals surface area contributed by atoms with Gasteiger partial charge in [-0.2, -0.15) is 0 Å². The van der Waals surface area contributed by atoms with E-state index in [1.807, 2.05) is 60.8 Å². The smallest absolute Gasteiger partial charge is 0.216 e. The maximum Gasteiger partial charge on any atom is 0.216 e. The Balaban J connectivity index is 0.000000168. The summed E-state index contributed by atoms with van der Waals surface area (Å²) in [5.74, 6) is 0. The molecule has 0 saturated heterocycles. The Morgan fingerprint density at radius 1 is 0.667 bits per heavy atom. The summed E-state index contributed by atoms with van der Waals surface area (Å²) in [7, 11) is 0. The molecular weight excluding hydrogens is 767 g/mol. The molecular formula is C43H33IrN3O-2. The Morgan fingerprint density at radius 2 is 1.48 bits per heavy atom. The van der Waals surface area contributed by atoms with E-state index in [2.05, 4.69) is 110 Å². The van der Waals surface area contributed by atoms with Gasteiger partial charge in [0.2, 0.25) is 5.71 Å². The largest absolute Gasteiger partial charge is 0.486 e. The third-order valence-corrected chi connectivity index (χ3v) is 8.29. The van der Waals surface area contributed by atoms with Crippen molar-refractivity contribution < 1.29 is 24.5 Å². The first-order chi connectivity index (χ1) is 23.0. The van der Waals surface area contributed by atoms with Crippen LogP contribution in [0.15, 0.2) is 138 Å². The van der Waals surface area contributed by atoms with E-state index >= 15 is 0 Å². The zero-order valence-electron chi connectivity index (χ0n) is 27.0. The molecule has 0 fully saturated rings. The SMILES string of the molecule is Cc1c[c-]c(-c2cc(-c3ccccc3C)c(C)cn2)cc1.[Ir].[c-]1ccc2c(oc3nc(Cc4ccccc4)ccc32)c1-c1ccccn1.